The van der Waals surface area contributed by atoms with E-state index < -0.39 is 31.0 Å². The lowest BCUT2D eigenvalue weighted by atomic mass is 10.2. The van der Waals surface area contributed by atoms with E-state index in [1.165, 1.54) is 18.2 Å². The molecule has 0 spiro atoms. The molecule has 31 heavy (non-hydrogen) atoms. The lowest BCUT2D eigenvalue weighted by Gasteiger charge is -2.06. The highest BCUT2D eigenvalue weighted by Gasteiger charge is 2.13. The van der Waals surface area contributed by atoms with Gasteiger partial charge in [0.05, 0.1) is 11.2 Å². The predicted octanol–water partition coefficient (Wildman–Crippen LogP) is 3.35. The number of carbonyl (C=O) groups is 3. The summed E-state index contributed by atoms with van der Waals surface area (Å²) in [7, 11) is 0. The van der Waals surface area contributed by atoms with Gasteiger partial charge in [0.25, 0.3) is 11.8 Å². The van der Waals surface area contributed by atoms with Crippen molar-refractivity contribution in [3.05, 3.63) is 78.0 Å². The Labute approximate surface area is 175 Å². The number of esters is 1. The molecule has 0 aliphatic rings. The normalized spacial score (nSPS) is 10.9. The van der Waals surface area contributed by atoms with Gasteiger partial charge < -0.3 is 9.47 Å². The fraction of sp³-hybridized carbons (Fsp3) is 0.0909. The van der Waals surface area contributed by atoms with E-state index in [1.807, 2.05) is 35.6 Å². The van der Waals surface area contributed by atoms with Crippen LogP contribution in [0.3, 0.4) is 0 Å². The Bertz CT molecular complexity index is 1130. The third-order valence-electron chi connectivity index (χ3n) is 3.95. The topological polar surface area (TPSA) is 94.6 Å². The molecule has 1 aromatic heterocycles. The monoisotopic (exact) mass is 426 g/mol. The van der Waals surface area contributed by atoms with Gasteiger partial charge in [-0.15, -0.1) is 0 Å². The van der Waals surface area contributed by atoms with Crippen LogP contribution in [0, 0.1) is 0 Å². The van der Waals surface area contributed by atoms with Crippen molar-refractivity contribution < 1.29 is 32.6 Å². The quantitative estimate of drug-likeness (QED) is 0.460. The van der Waals surface area contributed by atoms with Crippen molar-refractivity contribution >= 4 is 34.8 Å². The molecule has 1 N–H and O–H groups in total. The van der Waals surface area contributed by atoms with Crippen LogP contribution in [0.5, 0.6) is 5.75 Å². The van der Waals surface area contributed by atoms with Gasteiger partial charge in [0.15, 0.2) is 6.61 Å². The van der Waals surface area contributed by atoms with Gasteiger partial charge in [-0.05, 0) is 42.5 Å². The highest BCUT2D eigenvalue weighted by atomic mass is 19.3. The largest absolute Gasteiger partial charge is 0.452 e. The number of amides is 2. The predicted molar refractivity (Wildman–Crippen MR) is 107 cm³/mol. The zero-order chi connectivity index (χ0) is 22.2. The molecule has 0 aliphatic carbocycles. The maximum Gasteiger partial charge on any atom is 0.387 e. The number of imide groups is 1. The summed E-state index contributed by atoms with van der Waals surface area (Å²) in [5.41, 5.74) is 1.35. The second-order valence-corrected chi connectivity index (χ2v) is 6.15. The van der Waals surface area contributed by atoms with Gasteiger partial charge in [-0.2, -0.15) is 8.78 Å². The fourth-order valence-corrected chi connectivity index (χ4v) is 2.54. The Hall–Kier alpha value is -4.14. The number of hydrogen-bond donors (Lipinski definition) is 1. The van der Waals surface area contributed by atoms with Crippen molar-refractivity contribution in [3.63, 3.8) is 0 Å². The molecule has 1 heterocycles. The summed E-state index contributed by atoms with van der Waals surface area (Å²) >= 11 is 0. The molecule has 3 rings (SSSR count). The SMILES string of the molecule is O=C(COC(=O)/C=C/c1ccc2ccccc2n1)NC(=O)c1ccc(OC(F)F)cc1. The van der Waals surface area contributed by atoms with Gasteiger partial charge in [-0.3, -0.25) is 14.9 Å². The minimum absolute atomic E-state index is 0.0450. The summed E-state index contributed by atoms with van der Waals surface area (Å²) in [6.45, 7) is -3.66. The van der Waals surface area contributed by atoms with E-state index in [0.29, 0.717) is 5.69 Å². The number of carbonyl (C=O) groups excluding carboxylic acids is 3. The van der Waals surface area contributed by atoms with Crippen LogP contribution in [0.2, 0.25) is 0 Å². The molecular weight excluding hydrogens is 410 g/mol. The molecule has 3 aromatic rings. The summed E-state index contributed by atoms with van der Waals surface area (Å²) in [6.07, 6.45) is 2.56. The minimum Gasteiger partial charge on any atom is -0.452 e. The molecule has 7 nitrogen and oxygen atoms in total. The Morgan fingerprint density at radius 3 is 2.48 bits per heavy atom. The summed E-state index contributed by atoms with van der Waals surface area (Å²) in [5.74, 6) is -2.53. The maximum atomic E-state index is 12.1. The number of hydrogen-bond acceptors (Lipinski definition) is 6. The highest BCUT2D eigenvalue weighted by Crippen LogP contribution is 2.15. The van der Waals surface area contributed by atoms with Crippen LogP contribution in [0.4, 0.5) is 8.78 Å². The number of nitrogens with zero attached hydrogens (tertiary/aromatic N) is 1. The maximum absolute atomic E-state index is 12.1. The van der Waals surface area contributed by atoms with Crippen LogP contribution in [0.15, 0.2) is 66.7 Å². The fourth-order valence-electron chi connectivity index (χ4n) is 2.54. The molecule has 0 saturated carbocycles. The smallest absolute Gasteiger partial charge is 0.387 e. The number of ether oxygens (including phenoxy) is 2. The van der Waals surface area contributed by atoms with Gasteiger partial charge >= 0.3 is 12.6 Å². The third kappa shape index (κ3) is 6.43. The Balaban J connectivity index is 1.47. The van der Waals surface area contributed by atoms with Crippen LogP contribution in [-0.4, -0.2) is 36.0 Å². The first-order valence-electron chi connectivity index (χ1n) is 9.00. The molecule has 0 fully saturated rings. The molecular formula is C22H16F2N2O5. The second-order valence-electron chi connectivity index (χ2n) is 6.15. The summed E-state index contributed by atoms with van der Waals surface area (Å²) < 4.78 is 33.2. The molecule has 0 bridgehead atoms. The van der Waals surface area contributed by atoms with Gasteiger partial charge in [-0.1, -0.05) is 24.3 Å². The minimum atomic E-state index is -2.98. The number of nitrogens with one attached hydrogen (secondary N) is 1. The number of para-hydroxylation sites is 1. The first-order valence-corrected chi connectivity index (χ1v) is 9.00. The van der Waals surface area contributed by atoms with Crippen molar-refractivity contribution in [2.24, 2.45) is 0 Å². The average molecular weight is 426 g/mol. The summed E-state index contributed by atoms with van der Waals surface area (Å²) in [6, 6.07) is 15.8. The average Bonchev–Trinajstić information content (AvgIpc) is 2.76. The van der Waals surface area contributed by atoms with Crippen molar-refractivity contribution in [2.75, 3.05) is 6.61 Å². The molecule has 0 aliphatic heterocycles. The van der Waals surface area contributed by atoms with E-state index >= 15 is 0 Å². The standard InChI is InChI=1S/C22H16F2N2O5/c23-22(24)31-17-10-6-15(7-11-17)21(29)26-19(27)13-30-20(28)12-9-16-8-5-14-3-1-2-4-18(14)25-16/h1-12,22H,13H2,(H,26,27,29)/b12-9+. The Morgan fingerprint density at radius 2 is 1.74 bits per heavy atom. The lowest BCUT2D eigenvalue weighted by Crippen LogP contribution is -2.34. The van der Waals surface area contributed by atoms with E-state index in [-0.39, 0.29) is 11.3 Å². The van der Waals surface area contributed by atoms with Gasteiger partial charge in [0.1, 0.15) is 5.75 Å². The van der Waals surface area contributed by atoms with E-state index in [0.717, 1.165) is 29.1 Å². The van der Waals surface area contributed by atoms with Crippen LogP contribution in [-0.2, 0) is 14.3 Å². The van der Waals surface area contributed by atoms with E-state index in [4.69, 9.17) is 4.74 Å². The number of benzene rings is 2. The molecule has 9 heteroatoms. The second kappa shape index (κ2) is 10.1. The van der Waals surface area contributed by atoms with Crippen LogP contribution < -0.4 is 10.1 Å². The molecule has 0 radical (unpaired) electrons. The molecule has 2 aromatic carbocycles. The third-order valence-corrected chi connectivity index (χ3v) is 3.95. The number of alkyl halides is 2. The molecule has 0 saturated heterocycles. The van der Waals surface area contributed by atoms with Crippen LogP contribution in [0.25, 0.3) is 17.0 Å². The van der Waals surface area contributed by atoms with E-state index in [2.05, 4.69) is 9.72 Å². The Morgan fingerprint density at radius 1 is 1.00 bits per heavy atom. The Kier molecular flexibility index (Phi) is 7.00. The molecule has 158 valence electrons. The van der Waals surface area contributed by atoms with Crippen LogP contribution >= 0.6 is 0 Å². The van der Waals surface area contributed by atoms with Crippen molar-refractivity contribution in [1.82, 2.24) is 10.3 Å². The van der Waals surface area contributed by atoms with Crippen molar-refractivity contribution in [2.45, 2.75) is 6.61 Å². The molecule has 0 atom stereocenters. The zero-order valence-electron chi connectivity index (χ0n) is 16.0. The molecule has 0 unspecified atom stereocenters. The number of halogens is 2. The van der Waals surface area contributed by atoms with Gasteiger partial charge in [0.2, 0.25) is 0 Å². The zero-order valence-corrected chi connectivity index (χ0v) is 16.0. The number of rotatable bonds is 7. The van der Waals surface area contributed by atoms with Gasteiger partial charge in [0, 0.05) is 17.0 Å². The summed E-state index contributed by atoms with van der Waals surface area (Å²) in [4.78, 5) is 39.9. The number of pyridine rings is 1. The molecule has 2 amide bonds. The van der Waals surface area contributed by atoms with E-state index in [9.17, 15) is 23.2 Å². The van der Waals surface area contributed by atoms with E-state index in [1.54, 1.807) is 6.07 Å². The van der Waals surface area contributed by atoms with Crippen LogP contribution in [0.1, 0.15) is 16.1 Å². The number of aromatic nitrogens is 1. The van der Waals surface area contributed by atoms with Gasteiger partial charge in [-0.25, -0.2) is 9.78 Å². The van der Waals surface area contributed by atoms with Crippen molar-refractivity contribution in [1.29, 1.82) is 0 Å². The lowest BCUT2D eigenvalue weighted by molar-refractivity contribution is -0.143. The first-order chi connectivity index (χ1) is 14.9. The number of fused-ring (bicyclic) bond motifs is 1. The highest BCUT2D eigenvalue weighted by molar-refractivity contribution is 6.05. The first kappa shape index (κ1) is 21.6. The van der Waals surface area contributed by atoms with Crippen molar-refractivity contribution in [3.8, 4) is 5.75 Å². The summed E-state index contributed by atoms with van der Waals surface area (Å²) in [5, 5.41) is 2.98.